The second-order valence-electron chi connectivity index (χ2n) is 1.27. The van der Waals surface area contributed by atoms with Gasteiger partial charge < -0.3 is 0 Å². The fourth-order valence-electron chi connectivity index (χ4n) is 0.283. The summed E-state index contributed by atoms with van der Waals surface area (Å²) in [6.07, 6.45) is 2.18. The molecule has 0 bridgehead atoms. The summed E-state index contributed by atoms with van der Waals surface area (Å²) >= 11 is 6.17. The van der Waals surface area contributed by atoms with Gasteiger partial charge in [-0.25, -0.2) is 0 Å². The van der Waals surface area contributed by atoms with Gasteiger partial charge in [-0.3, -0.25) is 0 Å². The van der Waals surface area contributed by atoms with Crippen molar-refractivity contribution >= 4 is 57.5 Å². The van der Waals surface area contributed by atoms with Crippen molar-refractivity contribution in [2.45, 2.75) is 0 Å². The predicted octanol–water partition coefficient (Wildman–Crippen LogP) is 4.14. The summed E-state index contributed by atoms with van der Waals surface area (Å²) in [7, 11) is 3.31. The third-order valence-electron chi connectivity index (χ3n) is 0.653. The third kappa shape index (κ3) is 10.3. The fraction of sp³-hybridized carbons (Fsp3) is 1.00. The maximum absolute atomic E-state index is 2.25. The van der Waals surface area contributed by atoms with Crippen molar-refractivity contribution in [2.24, 2.45) is 0 Å². The first kappa shape index (κ1) is 12.3. The van der Waals surface area contributed by atoms with Crippen LogP contribution >= 0.6 is 57.5 Å². The second kappa shape index (κ2) is 11.3. The van der Waals surface area contributed by atoms with Gasteiger partial charge in [0.1, 0.15) is 0 Å². The lowest BCUT2D eigenvalue weighted by atomic mass is 11.9. The molecule has 0 amide bonds. The molecule has 0 aromatic rings. The molecular formula is C4H13P3S3. The molecule has 6 heteroatoms. The first-order chi connectivity index (χ1) is 4.91. The van der Waals surface area contributed by atoms with Crippen molar-refractivity contribution in [3.05, 3.63) is 0 Å². The van der Waals surface area contributed by atoms with Crippen LogP contribution in [0, 0.1) is 0 Å². The standard InChI is InChI=1S/C4H13P3S3/c1-5-9-4-7-10-3-6-8-2/h5-7H,3-4H2,1-2H3. The Morgan fingerprint density at radius 3 is 2.40 bits per heavy atom. The monoisotopic (exact) mass is 250 g/mol. The normalized spacial score (nSPS) is 13.8. The summed E-state index contributed by atoms with van der Waals surface area (Å²) in [5.74, 6) is 0. The van der Waals surface area contributed by atoms with Gasteiger partial charge in [-0.1, -0.05) is 23.3 Å². The van der Waals surface area contributed by atoms with E-state index in [1.54, 1.807) is 0 Å². The quantitative estimate of drug-likeness (QED) is 0.492. The van der Waals surface area contributed by atoms with E-state index in [0.29, 0.717) is 0 Å². The third-order valence-corrected chi connectivity index (χ3v) is 10.6. The molecule has 3 unspecified atom stereocenters. The van der Waals surface area contributed by atoms with Crippen LogP contribution in [0.3, 0.4) is 0 Å². The van der Waals surface area contributed by atoms with Crippen molar-refractivity contribution in [3.63, 3.8) is 0 Å². The van der Waals surface area contributed by atoms with Gasteiger partial charge in [0.25, 0.3) is 0 Å². The largest absolute Gasteiger partial charge is 0.140 e. The zero-order chi connectivity index (χ0) is 7.66. The van der Waals surface area contributed by atoms with E-state index < -0.39 is 0 Å². The highest BCUT2D eigenvalue weighted by molar-refractivity contribution is 8.60. The summed E-state index contributed by atoms with van der Waals surface area (Å²) in [6.45, 7) is 2.25. The highest BCUT2D eigenvalue weighted by atomic mass is 32.7. The molecule has 0 saturated carbocycles. The lowest BCUT2D eigenvalue weighted by Crippen LogP contribution is -1.56. The van der Waals surface area contributed by atoms with Crippen LogP contribution < -0.4 is 0 Å². The van der Waals surface area contributed by atoms with Crippen LogP contribution in [0.2, 0.25) is 0 Å². The van der Waals surface area contributed by atoms with Crippen LogP contribution in [-0.2, 0) is 0 Å². The zero-order valence-electron chi connectivity index (χ0n) is 6.14. The van der Waals surface area contributed by atoms with Gasteiger partial charge in [-0.2, -0.15) is 0 Å². The molecule has 0 spiro atoms. The van der Waals surface area contributed by atoms with E-state index in [1.807, 2.05) is 11.4 Å². The molecule has 0 aliphatic rings. The first-order valence-corrected chi connectivity index (χ1v) is 12.1. The molecule has 0 aliphatic heterocycles. The van der Waals surface area contributed by atoms with E-state index in [1.165, 1.54) is 11.0 Å². The number of rotatable bonds is 7. The summed E-state index contributed by atoms with van der Waals surface area (Å²) < 4.78 is 0. The summed E-state index contributed by atoms with van der Waals surface area (Å²) in [5.41, 5.74) is 2.74. The number of hydrogen-bond donors (Lipinski definition) is 0. The highest BCUT2D eigenvalue weighted by Crippen LogP contribution is 2.43. The molecular weight excluding hydrogens is 237 g/mol. The smallest absolute Gasteiger partial charge is 0.0240 e. The summed E-state index contributed by atoms with van der Waals surface area (Å²) in [4.78, 5) is 0. The van der Waals surface area contributed by atoms with Crippen molar-refractivity contribution < 1.29 is 0 Å². The van der Waals surface area contributed by atoms with E-state index in [0.717, 1.165) is 23.3 Å². The second-order valence-corrected chi connectivity index (χ2v) is 11.5. The summed E-state index contributed by atoms with van der Waals surface area (Å²) in [5, 5.41) is 0. The SMILES string of the molecule is CPSCPSCPSC. The van der Waals surface area contributed by atoms with E-state index in [9.17, 15) is 0 Å². The molecule has 0 heterocycles. The van der Waals surface area contributed by atoms with Crippen molar-refractivity contribution in [1.29, 1.82) is 0 Å². The Kier molecular flexibility index (Phi) is 14.0. The molecule has 10 heavy (non-hydrogen) atoms. The van der Waals surface area contributed by atoms with Crippen LogP contribution in [0.15, 0.2) is 0 Å². The van der Waals surface area contributed by atoms with Crippen LogP contribution in [0.5, 0.6) is 0 Å². The molecule has 0 rings (SSSR count). The first-order valence-electron chi connectivity index (χ1n) is 2.81. The van der Waals surface area contributed by atoms with Gasteiger partial charge in [-0.15, -0.1) is 34.1 Å². The van der Waals surface area contributed by atoms with E-state index in [-0.39, 0.29) is 0 Å². The maximum Gasteiger partial charge on any atom is 0.0240 e. The van der Waals surface area contributed by atoms with Gasteiger partial charge in [-0.05, 0) is 12.9 Å². The Balaban J connectivity index is 2.65. The lowest BCUT2D eigenvalue weighted by Gasteiger charge is -1.98. The Hall–Kier alpha value is 2.34. The molecule has 0 aromatic heterocycles. The lowest BCUT2D eigenvalue weighted by molar-refractivity contribution is 2.28. The number of hydrogen-bond acceptors (Lipinski definition) is 3. The Morgan fingerprint density at radius 1 is 1.10 bits per heavy atom. The minimum Gasteiger partial charge on any atom is -0.140 e. The fourth-order valence-corrected chi connectivity index (χ4v) is 10.8. The van der Waals surface area contributed by atoms with Crippen molar-refractivity contribution in [1.82, 2.24) is 0 Å². The maximum atomic E-state index is 2.25. The Bertz CT molecular complexity index is 55.7. The highest BCUT2D eigenvalue weighted by Gasteiger charge is 1.87. The molecule has 62 valence electrons. The van der Waals surface area contributed by atoms with E-state index in [4.69, 9.17) is 0 Å². The van der Waals surface area contributed by atoms with Crippen LogP contribution in [0.1, 0.15) is 0 Å². The van der Waals surface area contributed by atoms with Crippen molar-refractivity contribution in [2.75, 3.05) is 23.9 Å². The minimum absolute atomic E-state index is 1.08. The van der Waals surface area contributed by atoms with Crippen LogP contribution in [0.25, 0.3) is 0 Å². The predicted molar refractivity (Wildman–Crippen MR) is 69.3 cm³/mol. The molecule has 0 radical (unpaired) electrons. The minimum atomic E-state index is 1.08. The van der Waals surface area contributed by atoms with Gasteiger partial charge in [0, 0.05) is 11.0 Å². The Labute approximate surface area is 81.2 Å². The Morgan fingerprint density at radius 2 is 1.80 bits per heavy atom. The molecule has 0 aromatic carbocycles. The molecule has 0 N–H and O–H groups in total. The van der Waals surface area contributed by atoms with Crippen molar-refractivity contribution in [3.8, 4) is 0 Å². The molecule has 3 atom stereocenters. The van der Waals surface area contributed by atoms with Gasteiger partial charge >= 0.3 is 0 Å². The average Bonchev–Trinajstić information content (AvgIpc) is 1.97. The van der Waals surface area contributed by atoms with Gasteiger partial charge in [0.2, 0.25) is 0 Å². The molecule has 0 nitrogen and oxygen atoms in total. The van der Waals surface area contributed by atoms with E-state index >= 15 is 0 Å². The summed E-state index contributed by atoms with van der Waals surface area (Å²) in [6, 6.07) is 0. The zero-order valence-corrected chi connectivity index (χ0v) is 11.6. The van der Waals surface area contributed by atoms with Crippen LogP contribution in [0.4, 0.5) is 0 Å². The average molecular weight is 250 g/mol. The van der Waals surface area contributed by atoms with E-state index in [2.05, 4.69) is 35.7 Å². The molecule has 0 saturated heterocycles. The molecule has 0 fully saturated rings. The van der Waals surface area contributed by atoms with Crippen LogP contribution in [-0.4, -0.2) is 23.9 Å². The van der Waals surface area contributed by atoms with Gasteiger partial charge in [0.15, 0.2) is 0 Å². The topological polar surface area (TPSA) is 0 Å². The molecule has 0 aliphatic carbocycles. The van der Waals surface area contributed by atoms with Gasteiger partial charge in [0.05, 0.1) is 0 Å².